The van der Waals surface area contributed by atoms with Crippen LogP contribution in [0.25, 0.3) is 0 Å². The number of sulfone groups is 1. The van der Waals surface area contributed by atoms with Gasteiger partial charge in [-0.15, -0.1) is 0 Å². The highest BCUT2D eigenvalue weighted by Crippen LogP contribution is 2.20. The number of carbonyl (C=O) groups excluding carboxylic acids is 2. The van der Waals surface area contributed by atoms with Crippen molar-refractivity contribution < 1.29 is 27.2 Å². The monoisotopic (exact) mass is 441 g/mol. The lowest BCUT2D eigenvalue weighted by Crippen LogP contribution is -2.32. The summed E-state index contributed by atoms with van der Waals surface area (Å²) in [6.45, 7) is 0.410. The zero-order valence-corrected chi connectivity index (χ0v) is 17.9. The van der Waals surface area contributed by atoms with E-state index in [1.54, 1.807) is 18.2 Å². The highest BCUT2D eigenvalue weighted by Gasteiger charge is 2.23. The van der Waals surface area contributed by atoms with Gasteiger partial charge in [0.2, 0.25) is 0 Å². The number of carbonyl (C=O) groups is 2. The molecule has 0 aliphatic heterocycles. The Balaban J connectivity index is 1.76. The van der Waals surface area contributed by atoms with E-state index in [1.165, 1.54) is 36.3 Å². The third-order valence-electron chi connectivity index (χ3n) is 4.62. The molecule has 0 N–H and O–H groups in total. The van der Waals surface area contributed by atoms with E-state index in [0.29, 0.717) is 0 Å². The van der Waals surface area contributed by atoms with Gasteiger partial charge in [0.05, 0.1) is 18.4 Å². The predicted octanol–water partition coefficient (Wildman–Crippen LogP) is 3.46. The lowest BCUT2D eigenvalue weighted by molar-refractivity contribution is -0.140. The molecule has 3 aromatic rings. The fraction of sp³-hybridized carbons (Fsp3) is 0.217. The van der Waals surface area contributed by atoms with Crippen LogP contribution in [0, 0.1) is 0 Å². The summed E-state index contributed by atoms with van der Waals surface area (Å²) in [6.07, 6.45) is 0.0328. The first kappa shape index (κ1) is 22.3. The predicted molar refractivity (Wildman–Crippen MR) is 114 cm³/mol. The first-order valence-corrected chi connectivity index (χ1v) is 11.3. The highest BCUT2D eigenvalue weighted by molar-refractivity contribution is 7.90. The van der Waals surface area contributed by atoms with Crippen molar-refractivity contribution in [3.05, 3.63) is 89.9 Å². The number of amides is 1. The standard InChI is InChI=1S/C23H23NO6S/c1-29-22(25)14-15-24(16-18-8-4-2-5-9-18)23(26)21-13-12-19(30-21)17-31(27,28)20-10-6-3-7-11-20/h2-13H,14-17H2,1H3. The Hall–Kier alpha value is -3.39. The first-order valence-electron chi connectivity index (χ1n) is 9.65. The highest BCUT2D eigenvalue weighted by atomic mass is 32.2. The van der Waals surface area contributed by atoms with E-state index in [0.717, 1.165) is 5.56 Å². The van der Waals surface area contributed by atoms with E-state index in [1.807, 2.05) is 30.3 Å². The lowest BCUT2D eigenvalue weighted by atomic mass is 10.2. The number of hydrogen-bond donors (Lipinski definition) is 0. The maximum Gasteiger partial charge on any atom is 0.307 e. The Morgan fingerprint density at radius 1 is 0.935 bits per heavy atom. The summed E-state index contributed by atoms with van der Waals surface area (Å²) >= 11 is 0. The number of esters is 1. The van der Waals surface area contributed by atoms with Crippen molar-refractivity contribution >= 4 is 21.7 Å². The Labute approximate surface area is 181 Å². The van der Waals surface area contributed by atoms with Crippen molar-refractivity contribution in [1.82, 2.24) is 4.90 Å². The molecule has 0 atom stereocenters. The van der Waals surface area contributed by atoms with Gasteiger partial charge in [-0.2, -0.15) is 0 Å². The maximum absolute atomic E-state index is 13.0. The summed E-state index contributed by atoms with van der Waals surface area (Å²) < 4.78 is 35.4. The minimum atomic E-state index is -3.60. The lowest BCUT2D eigenvalue weighted by Gasteiger charge is -2.21. The SMILES string of the molecule is COC(=O)CCN(Cc1ccccc1)C(=O)c1ccc(CS(=O)(=O)c2ccccc2)o1. The van der Waals surface area contributed by atoms with Crippen LogP contribution in [0.1, 0.15) is 28.3 Å². The van der Waals surface area contributed by atoms with Gasteiger partial charge in [0.1, 0.15) is 11.5 Å². The summed E-state index contributed by atoms with van der Waals surface area (Å²) in [6, 6.07) is 20.3. The van der Waals surface area contributed by atoms with E-state index in [4.69, 9.17) is 4.42 Å². The van der Waals surface area contributed by atoms with Crippen LogP contribution in [0.2, 0.25) is 0 Å². The van der Waals surface area contributed by atoms with Gasteiger partial charge in [-0.1, -0.05) is 48.5 Å². The molecule has 0 aliphatic rings. The van der Waals surface area contributed by atoms with Crippen LogP contribution in [0.5, 0.6) is 0 Å². The molecule has 0 unspecified atom stereocenters. The van der Waals surface area contributed by atoms with Crippen LogP contribution in [0.4, 0.5) is 0 Å². The summed E-state index contributed by atoms with van der Waals surface area (Å²) in [5.74, 6) is -1.04. The zero-order chi connectivity index (χ0) is 22.3. The molecule has 0 spiro atoms. The molecule has 0 saturated heterocycles. The molecule has 8 heteroatoms. The van der Waals surface area contributed by atoms with E-state index >= 15 is 0 Å². The molecular formula is C23H23NO6S. The quantitative estimate of drug-likeness (QED) is 0.472. The number of rotatable bonds is 9. The number of nitrogens with zero attached hydrogens (tertiary/aromatic N) is 1. The summed E-state index contributed by atoms with van der Waals surface area (Å²) in [5, 5.41) is 0. The summed E-state index contributed by atoms with van der Waals surface area (Å²) in [4.78, 5) is 26.3. The fourth-order valence-electron chi connectivity index (χ4n) is 3.01. The van der Waals surface area contributed by atoms with Gasteiger partial charge in [0.15, 0.2) is 15.6 Å². The smallest absolute Gasteiger partial charge is 0.307 e. The van der Waals surface area contributed by atoms with E-state index in [9.17, 15) is 18.0 Å². The van der Waals surface area contributed by atoms with Crippen molar-refractivity contribution in [2.45, 2.75) is 23.6 Å². The van der Waals surface area contributed by atoms with Crippen molar-refractivity contribution in [1.29, 1.82) is 0 Å². The second kappa shape index (κ2) is 10.1. The number of hydrogen-bond acceptors (Lipinski definition) is 6. The molecule has 2 aromatic carbocycles. The van der Waals surface area contributed by atoms with Crippen molar-refractivity contribution in [2.75, 3.05) is 13.7 Å². The van der Waals surface area contributed by atoms with Gasteiger partial charge in [0, 0.05) is 13.1 Å². The maximum atomic E-state index is 13.0. The molecule has 1 heterocycles. The van der Waals surface area contributed by atoms with Gasteiger partial charge in [-0.05, 0) is 29.8 Å². The normalized spacial score (nSPS) is 11.1. The largest absolute Gasteiger partial charge is 0.469 e. The fourth-order valence-corrected chi connectivity index (χ4v) is 4.28. The van der Waals surface area contributed by atoms with Gasteiger partial charge in [-0.25, -0.2) is 8.42 Å². The van der Waals surface area contributed by atoms with Crippen LogP contribution >= 0.6 is 0 Å². The first-order chi connectivity index (χ1) is 14.9. The third-order valence-corrected chi connectivity index (χ3v) is 6.28. The molecule has 3 rings (SSSR count). The number of benzene rings is 2. The molecular weight excluding hydrogens is 418 g/mol. The Morgan fingerprint density at radius 3 is 2.23 bits per heavy atom. The molecule has 31 heavy (non-hydrogen) atoms. The van der Waals surface area contributed by atoms with Gasteiger partial charge in [-0.3, -0.25) is 9.59 Å². The third kappa shape index (κ3) is 6.05. The summed E-state index contributed by atoms with van der Waals surface area (Å²) in [7, 11) is -2.31. The van der Waals surface area contributed by atoms with E-state index in [-0.39, 0.29) is 41.7 Å². The molecule has 1 aromatic heterocycles. The van der Waals surface area contributed by atoms with E-state index < -0.39 is 21.7 Å². The zero-order valence-electron chi connectivity index (χ0n) is 17.1. The number of ether oxygens (including phenoxy) is 1. The Kier molecular flexibility index (Phi) is 7.25. The summed E-state index contributed by atoms with van der Waals surface area (Å²) in [5.41, 5.74) is 0.888. The van der Waals surface area contributed by atoms with Crippen molar-refractivity contribution in [3.63, 3.8) is 0 Å². The van der Waals surface area contributed by atoms with Gasteiger partial charge < -0.3 is 14.1 Å². The number of furan rings is 1. The van der Waals surface area contributed by atoms with Gasteiger partial charge >= 0.3 is 5.97 Å². The number of methoxy groups -OCH3 is 1. The Bertz CT molecular complexity index is 1120. The minimum absolute atomic E-state index is 0.0130. The average molecular weight is 442 g/mol. The molecule has 0 aliphatic carbocycles. The van der Waals surface area contributed by atoms with Crippen LogP contribution in [-0.4, -0.2) is 38.8 Å². The van der Waals surface area contributed by atoms with Crippen molar-refractivity contribution in [2.24, 2.45) is 0 Å². The molecule has 0 radical (unpaired) electrons. The topological polar surface area (TPSA) is 93.9 Å². The van der Waals surface area contributed by atoms with Crippen LogP contribution in [0.15, 0.2) is 82.1 Å². The minimum Gasteiger partial charge on any atom is -0.469 e. The van der Waals surface area contributed by atoms with Crippen molar-refractivity contribution in [3.8, 4) is 0 Å². The van der Waals surface area contributed by atoms with Crippen LogP contribution in [0.3, 0.4) is 0 Å². The van der Waals surface area contributed by atoms with E-state index in [2.05, 4.69) is 4.74 Å². The Morgan fingerprint density at radius 2 is 1.58 bits per heavy atom. The molecule has 162 valence electrons. The molecule has 1 amide bonds. The van der Waals surface area contributed by atoms with Gasteiger partial charge in [0.25, 0.3) is 5.91 Å². The molecule has 0 saturated carbocycles. The molecule has 0 bridgehead atoms. The second-order valence-corrected chi connectivity index (χ2v) is 8.87. The molecule has 0 fully saturated rings. The van der Waals surface area contributed by atoms with Crippen LogP contribution in [-0.2, 0) is 31.7 Å². The van der Waals surface area contributed by atoms with Crippen LogP contribution < -0.4 is 0 Å². The molecule has 7 nitrogen and oxygen atoms in total. The second-order valence-electron chi connectivity index (χ2n) is 6.88. The average Bonchev–Trinajstić information content (AvgIpc) is 3.25.